The largest absolute Gasteiger partial charge is 0.481 e. The van der Waals surface area contributed by atoms with Gasteiger partial charge in [0, 0.05) is 18.7 Å². The van der Waals surface area contributed by atoms with Gasteiger partial charge in [0.05, 0.1) is 11.4 Å². The van der Waals surface area contributed by atoms with Crippen molar-refractivity contribution < 1.29 is 23.5 Å². The van der Waals surface area contributed by atoms with Crippen molar-refractivity contribution in [2.45, 2.75) is 40.3 Å². The van der Waals surface area contributed by atoms with Gasteiger partial charge in [0.15, 0.2) is 11.6 Å². The van der Waals surface area contributed by atoms with Gasteiger partial charge in [0.2, 0.25) is 0 Å². The summed E-state index contributed by atoms with van der Waals surface area (Å²) >= 11 is 5.74. The monoisotopic (exact) mass is 469 g/mol. The topological polar surface area (TPSA) is 57.6 Å². The minimum atomic E-state index is -1.19. The molecule has 1 aliphatic heterocycles. The van der Waals surface area contributed by atoms with Crippen LogP contribution in [0.3, 0.4) is 0 Å². The van der Waals surface area contributed by atoms with Gasteiger partial charge in [-0.05, 0) is 71.8 Å². The van der Waals surface area contributed by atoms with Gasteiger partial charge in [-0.15, -0.1) is 0 Å². The Morgan fingerprint density at radius 3 is 2.18 bits per heavy atom. The number of nitrogens with zero attached hydrogens (tertiary/aromatic N) is 1. The molecule has 0 spiro atoms. The zero-order valence-electron chi connectivity index (χ0n) is 18.4. The molecule has 3 aromatic carbocycles. The molecule has 0 bridgehead atoms. The number of aryl methyl sites for hydroxylation is 1. The highest BCUT2D eigenvalue weighted by molar-refractivity contribution is 6.31. The molecule has 1 heterocycles. The smallest absolute Gasteiger partial charge is 0.307 e. The number of fused-ring (bicyclic) bond motifs is 1. The summed E-state index contributed by atoms with van der Waals surface area (Å²) in [6.45, 7) is 6.32. The fourth-order valence-corrected chi connectivity index (χ4v) is 4.76. The zero-order valence-corrected chi connectivity index (χ0v) is 19.2. The first-order chi connectivity index (χ1) is 15.6. The van der Waals surface area contributed by atoms with E-state index < -0.39 is 28.5 Å². The fraction of sp³-hybridized carbons (Fsp3) is 0.231. The highest BCUT2D eigenvalue weighted by Crippen LogP contribution is 2.40. The summed E-state index contributed by atoms with van der Waals surface area (Å²) < 4.78 is 27.4. The number of hydrogen-bond acceptors (Lipinski definition) is 2. The van der Waals surface area contributed by atoms with E-state index >= 15 is 0 Å². The van der Waals surface area contributed by atoms with Crippen LogP contribution in [0.5, 0.6) is 0 Å². The van der Waals surface area contributed by atoms with Crippen LogP contribution in [0.2, 0.25) is 5.02 Å². The molecule has 170 valence electrons. The number of hydrogen-bond donors (Lipinski definition) is 1. The van der Waals surface area contributed by atoms with Crippen LogP contribution in [0, 0.1) is 32.4 Å². The average Bonchev–Trinajstić information content (AvgIpc) is 3.22. The first kappa shape index (κ1) is 22.9. The zero-order chi connectivity index (χ0) is 24.0. The molecule has 0 unspecified atom stereocenters. The molecule has 1 amide bonds. The lowest BCUT2D eigenvalue weighted by molar-refractivity contribution is -0.136. The number of aliphatic carboxylic acids is 1. The molecule has 33 heavy (non-hydrogen) atoms. The van der Waals surface area contributed by atoms with Crippen molar-refractivity contribution >= 4 is 23.5 Å². The molecule has 0 aromatic heterocycles. The number of amides is 1. The van der Waals surface area contributed by atoms with Crippen molar-refractivity contribution in [1.82, 2.24) is 4.90 Å². The Balaban J connectivity index is 1.80. The Bertz CT molecular complexity index is 1280. The minimum absolute atomic E-state index is 0.0356. The van der Waals surface area contributed by atoms with Crippen LogP contribution in [0.1, 0.15) is 43.7 Å². The third-order valence-electron chi connectivity index (χ3n) is 6.28. The highest BCUT2D eigenvalue weighted by Gasteiger charge is 2.31. The number of halogens is 3. The van der Waals surface area contributed by atoms with E-state index in [-0.39, 0.29) is 25.1 Å². The molecule has 0 atom stereocenters. The predicted molar refractivity (Wildman–Crippen MR) is 122 cm³/mol. The first-order valence-electron chi connectivity index (χ1n) is 10.4. The van der Waals surface area contributed by atoms with Crippen LogP contribution >= 0.6 is 11.6 Å². The van der Waals surface area contributed by atoms with E-state index in [4.69, 9.17) is 11.6 Å². The van der Waals surface area contributed by atoms with Crippen LogP contribution < -0.4 is 0 Å². The maximum absolute atomic E-state index is 13.8. The van der Waals surface area contributed by atoms with E-state index in [0.717, 1.165) is 51.1 Å². The van der Waals surface area contributed by atoms with E-state index in [0.29, 0.717) is 5.56 Å². The molecule has 0 saturated carbocycles. The SMILES string of the molecule is Cc1ccc(-c2c(C)c3c(c(C)c2CC(=O)O)CN(C(=O)c2cc(F)c(F)c(Cl)c2)C3)cc1. The summed E-state index contributed by atoms with van der Waals surface area (Å²) in [5.74, 6) is -3.78. The molecular weight excluding hydrogens is 448 g/mol. The van der Waals surface area contributed by atoms with Crippen LogP contribution in [0.15, 0.2) is 36.4 Å². The highest BCUT2D eigenvalue weighted by atomic mass is 35.5. The van der Waals surface area contributed by atoms with Crippen LogP contribution in [0.25, 0.3) is 11.1 Å². The Morgan fingerprint density at radius 1 is 1.00 bits per heavy atom. The summed E-state index contributed by atoms with van der Waals surface area (Å²) in [5, 5.41) is 9.12. The van der Waals surface area contributed by atoms with Crippen LogP contribution in [-0.4, -0.2) is 21.9 Å². The van der Waals surface area contributed by atoms with Gasteiger partial charge < -0.3 is 10.0 Å². The number of carbonyl (C=O) groups is 2. The lowest BCUT2D eigenvalue weighted by Gasteiger charge is -2.19. The van der Waals surface area contributed by atoms with Crippen LogP contribution in [0.4, 0.5) is 8.78 Å². The van der Waals surface area contributed by atoms with Crippen LogP contribution in [-0.2, 0) is 24.3 Å². The summed E-state index contributed by atoms with van der Waals surface area (Å²) in [6.07, 6.45) is -0.143. The second kappa shape index (κ2) is 8.60. The molecular formula is C26H22ClF2NO3. The minimum Gasteiger partial charge on any atom is -0.481 e. The number of carboxylic acid groups (broad SMARTS) is 1. The Kier molecular flexibility index (Phi) is 5.97. The van der Waals surface area contributed by atoms with Gasteiger partial charge in [-0.1, -0.05) is 41.4 Å². The molecule has 0 fully saturated rings. The fourth-order valence-electron chi connectivity index (χ4n) is 4.55. The van der Waals surface area contributed by atoms with Gasteiger partial charge >= 0.3 is 5.97 Å². The third-order valence-corrected chi connectivity index (χ3v) is 6.56. The molecule has 7 heteroatoms. The first-order valence-corrected chi connectivity index (χ1v) is 10.8. The predicted octanol–water partition coefficient (Wildman–Crippen LogP) is 5.99. The maximum atomic E-state index is 13.8. The Morgan fingerprint density at radius 2 is 1.61 bits per heavy atom. The molecule has 0 saturated heterocycles. The lowest BCUT2D eigenvalue weighted by Crippen LogP contribution is -2.25. The summed E-state index contributed by atoms with van der Waals surface area (Å²) in [5.41, 5.74) is 7.12. The van der Waals surface area contributed by atoms with Gasteiger partial charge in [-0.3, -0.25) is 9.59 Å². The summed E-state index contributed by atoms with van der Waals surface area (Å²) in [7, 11) is 0. The summed E-state index contributed by atoms with van der Waals surface area (Å²) in [6, 6.07) is 9.86. The van der Waals surface area contributed by atoms with Crippen molar-refractivity contribution in [3.8, 4) is 11.1 Å². The number of carbonyl (C=O) groups excluding carboxylic acids is 1. The number of rotatable bonds is 4. The average molecular weight is 470 g/mol. The molecule has 3 aromatic rings. The van der Waals surface area contributed by atoms with E-state index in [1.165, 1.54) is 4.90 Å². The quantitative estimate of drug-likeness (QED) is 0.477. The van der Waals surface area contributed by atoms with Crippen molar-refractivity contribution in [3.63, 3.8) is 0 Å². The maximum Gasteiger partial charge on any atom is 0.307 e. The number of benzene rings is 3. The van der Waals surface area contributed by atoms with Crippen molar-refractivity contribution in [3.05, 3.63) is 92.0 Å². The second-order valence-electron chi connectivity index (χ2n) is 8.41. The molecule has 1 aliphatic rings. The molecule has 0 radical (unpaired) electrons. The van der Waals surface area contributed by atoms with E-state index in [2.05, 4.69) is 0 Å². The summed E-state index contributed by atoms with van der Waals surface area (Å²) in [4.78, 5) is 26.3. The van der Waals surface area contributed by atoms with Gasteiger partial charge in [0.1, 0.15) is 0 Å². The van der Waals surface area contributed by atoms with Crippen molar-refractivity contribution in [2.75, 3.05) is 0 Å². The lowest BCUT2D eigenvalue weighted by atomic mass is 9.84. The molecule has 4 rings (SSSR count). The van der Waals surface area contributed by atoms with Gasteiger partial charge in [-0.25, -0.2) is 8.78 Å². The second-order valence-corrected chi connectivity index (χ2v) is 8.82. The van der Waals surface area contributed by atoms with E-state index in [1.807, 2.05) is 45.0 Å². The van der Waals surface area contributed by atoms with Gasteiger partial charge in [0.25, 0.3) is 5.91 Å². The standard InChI is InChI=1S/C26H22ClF2NO3/c1-13-4-6-16(7-5-13)24-15(3)20-12-30(11-19(20)14(2)18(24)10-23(31)32)26(33)17-8-21(27)25(29)22(28)9-17/h4-9H,10-12H2,1-3H3,(H,31,32). The number of carboxylic acids is 1. The van der Waals surface area contributed by atoms with Crippen molar-refractivity contribution in [1.29, 1.82) is 0 Å². The van der Waals surface area contributed by atoms with Gasteiger partial charge in [-0.2, -0.15) is 0 Å². The molecule has 4 nitrogen and oxygen atoms in total. The normalized spacial score (nSPS) is 12.7. The van der Waals surface area contributed by atoms with E-state index in [9.17, 15) is 23.5 Å². The van der Waals surface area contributed by atoms with Crippen molar-refractivity contribution in [2.24, 2.45) is 0 Å². The Hall–Kier alpha value is -3.25. The van der Waals surface area contributed by atoms with E-state index in [1.54, 1.807) is 0 Å². The third kappa shape index (κ3) is 4.11. The Labute approximate surface area is 195 Å². The molecule has 1 N–H and O–H groups in total. The molecule has 0 aliphatic carbocycles.